The van der Waals surface area contributed by atoms with Crippen molar-refractivity contribution in [3.8, 4) is 0 Å². The van der Waals surface area contributed by atoms with Gasteiger partial charge < -0.3 is 20.3 Å². The van der Waals surface area contributed by atoms with Crippen LogP contribution in [0.5, 0.6) is 0 Å². The molecule has 8 heteroatoms. The SMILES string of the molecule is CCCc1ccc(N2CC(C(=O)Nc3ccc(C(=O)NCC(=O)OC)cc3)CC2=O)cc1. The van der Waals surface area contributed by atoms with Gasteiger partial charge in [-0.3, -0.25) is 19.2 Å². The van der Waals surface area contributed by atoms with Crippen molar-refractivity contribution in [2.75, 3.05) is 30.4 Å². The molecule has 2 N–H and O–H groups in total. The molecule has 1 aliphatic rings. The molecular formula is C24H27N3O5. The highest BCUT2D eigenvalue weighted by Gasteiger charge is 2.35. The van der Waals surface area contributed by atoms with Crippen molar-refractivity contribution in [2.45, 2.75) is 26.2 Å². The zero-order valence-corrected chi connectivity index (χ0v) is 18.2. The largest absolute Gasteiger partial charge is 0.468 e. The summed E-state index contributed by atoms with van der Waals surface area (Å²) in [7, 11) is 1.24. The quantitative estimate of drug-likeness (QED) is 0.618. The molecule has 2 aromatic rings. The Balaban J connectivity index is 1.56. The van der Waals surface area contributed by atoms with E-state index in [0.29, 0.717) is 17.8 Å². The van der Waals surface area contributed by atoms with Gasteiger partial charge in [0.2, 0.25) is 11.8 Å². The predicted octanol–water partition coefficient (Wildman–Crippen LogP) is 2.53. The van der Waals surface area contributed by atoms with Crippen molar-refractivity contribution < 1.29 is 23.9 Å². The Bertz CT molecular complexity index is 986. The number of benzene rings is 2. The topological polar surface area (TPSA) is 105 Å². The van der Waals surface area contributed by atoms with Crippen LogP contribution in [0.3, 0.4) is 0 Å². The number of aryl methyl sites for hydroxylation is 1. The molecule has 1 aliphatic heterocycles. The minimum atomic E-state index is -0.542. The third-order valence-corrected chi connectivity index (χ3v) is 5.32. The number of hydrogen-bond donors (Lipinski definition) is 2. The van der Waals surface area contributed by atoms with Gasteiger partial charge in [-0.1, -0.05) is 25.5 Å². The summed E-state index contributed by atoms with van der Waals surface area (Å²) >= 11 is 0. The van der Waals surface area contributed by atoms with Gasteiger partial charge in [-0.25, -0.2) is 0 Å². The molecule has 1 fully saturated rings. The Morgan fingerprint density at radius 1 is 1.06 bits per heavy atom. The first-order valence-corrected chi connectivity index (χ1v) is 10.6. The van der Waals surface area contributed by atoms with Gasteiger partial charge in [-0.2, -0.15) is 0 Å². The lowest BCUT2D eigenvalue weighted by Crippen LogP contribution is -2.30. The van der Waals surface area contributed by atoms with Gasteiger partial charge in [0.1, 0.15) is 6.54 Å². The molecule has 168 valence electrons. The van der Waals surface area contributed by atoms with Crippen LogP contribution in [0.2, 0.25) is 0 Å². The van der Waals surface area contributed by atoms with Crippen molar-refractivity contribution in [1.29, 1.82) is 0 Å². The van der Waals surface area contributed by atoms with Gasteiger partial charge in [0, 0.05) is 29.9 Å². The Morgan fingerprint density at radius 2 is 1.75 bits per heavy atom. The van der Waals surface area contributed by atoms with Crippen LogP contribution in [0.4, 0.5) is 11.4 Å². The number of carbonyl (C=O) groups excluding carboxylic acids is 4. The standard InChI is InChI=1S/C24H27N3O5/c1-3-4-16-5-11-20(12-6-16)27-15-18(13-21(27)28)24(31)26-19-9-7-17(8-10-19)23(30)25-14-22(29)32-2/h5-12,18H,3-4,13-15H2,1-2H3,(H,25,30)(H,26,31). The van der Waals surface area contributed by atoms with Crippen LogP contribution < -0.4 is 15.5 Å². The number of hydrogen-bond acceptors (Lipinski definition) is 5. The van der Waals surface area contributed by atoms with Crippen LogP contribution >= 0.6 is 0 Å². The number of methoxy groups -OCH3 is 1. The van der Waals surface area contributed by atoms with Crippen molar-refractivity contribution in [1.82, 2.24) is 5.32 Å². The lowest BCUT2D eigenvalue weighted by molar-refractivity contribution is -0.139. The minimum Gasteiger partial charge on any atom is -0.468 e. The fourth-order valence-electron chi connectivity index (χ4n) is 3.54. The molecule has 0 saturated carbocycles. The molecular weight excluding hydrogens is 410 g/mol. The van der Waals surface area contributed by atoms with Crippen molar-refractivity contribution in [2.24, 2.45) is 5.92 Å². The van der Waals surface area contributed by atoms with Gasteiger partial charge in [0.05, 0.1) is 13.0 Å². The molecule has 3 amide bonds. The lowest BCUT2D eigenvalue weighted by atomic mass is 10.1. The number of anilines is 2. The summed E-state index contributed by atoms with van der Waals surface area (Å²) in [6.45, 7) is 2.22. The zero-order valence-electron chi connectivity index (χ0n) is 18.2. The van der Waals surface area contributed by atoms with E-state index in [0.717, 1.165) is 18.5 Å². The van der Waals surface area contributed by atoms with Crippen LogP contribution in [0.1, 0.15) is 35.7 Å². The van der Waals surface area contributed by atoms with Gasteiger partial charge in [0.25, 0.3) is 5.91 Å². The molecule has 0 bridgehead atoms. The Hall–Kier alpha value is -3.68. The van der Waals surface area contributed by atoms with E-state index in [2.05, 4.69) is 22.3 Å². The smallest absolute Gasteiger partial charge is 0.325 e. The first-order chi connectivity index (χ1) is 15.4. The highest BCUT2D eigenvalue weighted by Crippen LogP contribution is 2.26. The van der Waals surface area contributed by atoms with Crippen molar-refractivity contribution >= 4 is 35.1 Å². The number of nitrogens with zero attached hydrogens (tertiary/aromatic N) is 1. The molecule has 0 aromatic heterocycles. The number of rotatable bonds is 8. The molecule has 1 heterocycles. The van der Waals surface area contributed by atoms with E-state index >= 15 is 0 Å². The number of esters is 1. The Labute approximate surface area is 186 Å². The Kier molecular flexibility index (Phi) is 7.59. The number of carbonyl (C=O) groups is 4. The van der Waals surface area contributed by atoms with E-state index in [1.54, 1.807) is 29.2 Å². The normalized spacial score (nSPS) is 15.4. The highest BCUT2D eigenvalue weighted by molar-refractivity contribution is 6.03. The first-order valence-electron chi connectivity index (χ1n) is 10.6. The van der Waals surface area contributed by atoms with Crippen molar-refractivity contribution in [3.05, 3.63) is 59.7 Å². The van der Waals surface area contributed by atoms with E-state index in [1.807, 2.05) is 24.3 Å². The average Bonchev–Trinajstić information content (AvgIpc) is 3.20. The van der Waals surface area contributed by atoms with Crippen LogP contribution in [0.25, 0.3) is 0 Å². The molecule has 8 nitrogen and oxygen atoms in total. The van der Waals surface area contributed by atoms with E-state index in [9.17, 15) is 19.2 Å². The molecule has 0 spiro atoms. The fourth-order valence-corrected chi connectivity index (χ4v) is 3.54. The summed E-state index contributed by atoms with van der Waals surface area (Å²) in [4.78, 5) is 49.9. The van der Waals surface area contributed by atoms with Crippen LogP contribution in [-0.2, 0) is 25.5 Å². The van der Waals surface area contributed by atoms with Gasteiger partial charge in [0.15, 0.2) is 0 Å². The van der Waals surface area contributed by atoms with Gasteiger partial charge in [-0.15, -0.1) is 0 Å². The van der Waals surface area contributed by atoms with E-state index in [1.165, 1.54) is 12.7 Å². The molecule has 1 saturated heterocycles. The van der Waals surface area contributed by atoms with Crippen molar-refractivity contribution in [3.63, 3.8) is 0 Å². The highest BCUT2D eigenvalue weighted by atomic mass is 16.5. The minimum absolute atomic E-state index is 0.0778. The summed E-state index contributed by atoms with van der Waals surface area (Å²) in [6.07, 6.45) is 2.20. The summed E-state index contributed by atoms with van der Waals surface area (Å²) in [5.74, 6) is -1.74. The Morgan fingerprint density at radius 3 is 2.38 bits per heavy atom. The summed E-state index contributed by atoms with van der Waals surface area (Å²) in [6, 6.07) is 14.2. The second-order valence-electron chi connectivity index (χ2n) is 7.65. The monoisotopic (exact) mass is 437 g/mol. The molecule has 2 aromatic carbocycles. The summed E-state index contributed by atoms with van der Waals surface area (Å²) < 4.78 is 4.48. The number of ether oxygens (including phenoxy) is 1. The predicted molar refractivity (Wildman–Crippen MR) is 120 cm³/mol. The van der Waals surface area contributed by atoms with E-state index in [4.69, 9.17) is 0 Å². The molecule has 1 unspecified atom stereocenters. The van der Waals surface area contributed by atoms with Crippen LogP contribution in [0, 0.1) is 5.92 Å². The molecule has 0 aliphatic carbocycles. The third-order valence-electron chi connectivity index (χ3n) is 5.32. The molecule has 3 rings (SSSR count). The van der Waals surface area contributed by atoms with Crippen LogP contribution in [-0.4, -0.2) is 43.9 Å². The first kappa shape index (κ1) is 23.0. The van der Waals surface area contributed by atoms with Gasteiger partial charge >= 0.3 is 5.97 Å². The lowest BCUT2D eigenvalue weighted by Gasteiger charge is -2.17. The maximum absolute atomic E-state index is 12.7. The fraction of sp³-hybridized carbons (Fsp3) is 0.333. The molecule has 1 atom stereocenters. The second-order valence-corrected chi connectivity index (χ2v) is 7.65. The van der Waals surface area contributed by atoms with Gasteiger partial charge in [-0.05, 0) is 48.4 Å². The number of amides is 3. The number of nitrogens with one attached hydrogen (secondary N) is 2. The summed E-state index contributed by atoms with van der Waals surface area (Å²) in [5, 5.41) is 5.25. The van der Waals surface area contributed by atoms with E-state index < -0.39 is 17.8 Å². The zero-order chi connectivity index (χ0) is 23.1. The maximum Gasteiger partial charge on any atom is 0.325 e. The molecule has 0 radical (unpaired) electrons. The van der Waals surface area contributed by atoms with Crippen LogP contribution in [0.15, 0.2) is 48.5 Å². The second kappa shape index (κ2) is 10.6. The maximum atomic E-state index is 12.7. The molecule has 32 heavy (non-hydrogen) atoms. The van der Waals surface area contributed by atoms with E-state index in [-0.39, 0.29) is 24.8 Å². The summed E-state index contributed by atoms with van der Waals surface area (Å²) in [5.41, 5.74) is 2.89. The third kappa shape index (κ3) is 5.72. The average molecular weight is 437 g/mol.